The average molecular weight is 445 g/mol. The van der Waals surface area contributed by atoms with Crippen LogP contribution < -0.4 is 10.6 Å². The molecule has 0 amide bonds. The SMILES string of the molecule is CCNC(=NCCCc1ccccc1)NCCCOCC1CC1.I. The zero-order valence-electron chi connectivity index (χ0n) is 14.8. The van der Waals surface area contributed by atoms with E-state index in [2.05, 4.69) is 52.9 Å². The molecule has 0 bridgehead atoms. The third kappa shape index (κ3) is 10.1. The summed E-state index contributed by atoms with van der Waals surface area (Å²) in [6.45, 7) is 6.55. The van der Waals surface area contributed by atoms with Gasteiger partial charge in [-0.3, -0.25) is 4.99 Å². The van der Waals surface area contributed by atoms with Crippen LogP contribution in [0.4, 0.5) is 0 Å². The van der Waals surface area contributed by atoms with Gasteiger partial charge in [-0.2, -0.15) is 0 Å². The second kappa shape index (κ2) is 13.5. The monoisotopic (exact) mass is 445 g/mol. The minimum Gasteiger partial charge on any atom is -0.381 e. The molecule has 4 nitrogen and oxygen atoms in total. The lowest BCUT2D eigenvalue weighted by Crippen LogP contribution is -2.38. The summed E-state index contributed by atoms with van der Waals surface area (Å²) in [6.07, 6.45) is 5.90. The molecule has 1 aliphatic carbocycles. The lowest BCUT2D eigenvalue weighted by molar-refractivity contribution is 0.123. The Hall–Kier alpha value is -0.820. The predicted molar refractivity (Wildman–Crippen MR) is 112 cm³/mol. The van der Waals surface area contributed by atoms with E-state index in [4.69, 9.17) is 4.74 Å². The van der Waals surface area contributed by atoms with Crippen molar-refractivity contribution < 1.29 is 4.74 Å². The van der Waals surface area contributed by atoms with E-state index < -0.39 is 0 Å². The number of nitrogens with zero attached hydrogens (tertiary/aromatic N) is 1. The third-order valence-electron chi connectivity index (χ3n) is 3.89. The fraction of sp³-hybridized carbons (Fsp3) is 0.632. The predicted octanol–water partition coefficient (Wildman–Crippen LogP) is 3.61. The fourth-order valence-electron chi connectivity index (χ4n) is 2.38. The first-order valence-corrected chi connectivity index (χ1v) is 9.02. The second-order valence-corrected chi connectivity index (χ2v) is 6.15. The molecular formula is C19H32IN3O. The number of nitrogens with one attached hydrogen (secondary N) is 2. The van der Waals surface area contributed by atoms with Crippen molar-refractivity contribution in [2.24, 2.45) is 10.9 Å². The molecule has 0 spiro atoms. The van der Waals surface area contributed by atoms with Crippen LogP contribution in [0.1, 0.15) is 38.2 Å². The Morgan fingerprint density at radius 2 is 1.96 bits per heavy atom. The number of ether oxygens (including phenoxy) is 1. The van der Waals surface area contributed by atoms with E-state index in [9.17, 15) is 0 Å². The van der Waals surface area contributed by atoms with Gasteiger partial charge in [-0.15, -0.1) is 24.0 Å². The molecule has 0 radical (unpaired) electrons. The topological polar surface area (TPSA) is 45.7 Å². The van der Waals surface area contributed by atoms with E-state index in [1.807, 2.05) is 0 Å². The lowest BCUT2D eigenvalue weighted by atomic mass is 10.1. The van der Waals surface area contributed by atoms with Crippen molar-refractivity contribution in [3.63, 3.8) is 0 Å². The van der Waals surface area contributed by atoms with Crippen molar-refractivity contribution in [1.29, 1.82) is 0 Å². The van der Waals surface area contributed by atoms with E-state index in [1.165, 1.54) is 18.4 Å². The highest BCUT2D eigenvalue weighted by Crippen LogP contribution is 2.28. The largest absolute Gasteiger partial charge is 0.381 e. The van der Waals surface area contributed by atoms with Gasteiger partial charge in [0, 0.05) is 32.8 Å². The number of guanidine groups is 1. The maximum Gasteiger partial charge on any atom is 0.191 e. The standard InChI is InChI=1S/C19H31N3O.HI/c1-2-20-19(22-14-7-15-23-16-18-11-12-18)21-13-6-10-17-8-4-3-5-9-17;/h3-5,8-9,18H,2,6-7,10-16H2,1H3,(H2,20,21,22);1H. The fourth-order valence-corrected chi connectivity index (χ4v) is 2.38. The molecular weight excluding hydrogens is 413 g/mol. The van der Waals surface area contributed by atoms with E-state index in [0.717, 1.165) is 64.0 Å². The molecule has 2 N–H and O–H groups in total. The molecule has 0 saturated heterocycles. The van der Waals surface area contributed by atoms with Crippen molar-refractivity contribution in [3.8, 4) is 0 Å². The summed E-state index contributed by atoms with van der Waals surface area (Å²) in [5.41, 5.74) is 1.38. The van der Waals surface area contributed by atoms with E-state index in [0.29, 0.717) is 0 Å². The summed E-state index contributed by atoms with van der Waals surface area (Å²) >= 11 is 0. The molecule has 1 aromatic carbocycles. The van der Waals surface area contributed by atoms with Crippen LogP contribution in [0.2, 0.25) is 0 Å². The first-order chi connectivity index (χ1) is 11.4. The molecule has 1 aliphatic rings. The molecule has 0 atom stereocenters. The van der Waals surface area contributed by atoms with E-state index in [-0.39, 0.29) is 24.0 Å². The van der Waals surface area contributed by atoms with Gasteiger partial charge in [0.15, 0.2) is 5.96 Å². The van der Waals surface area contributed by atoms with Crippen molar-refractivity contribution in [2.45, 2.75) is 39.0 Å². The molecule has 0 aliphatic heterocycles. The number of aliphatic imine (C=N–C) groups is 1. The molecule has 0 aromatic heterocycles. The van der Waals surface area contributed by atoms with Crippen LogP contribution >= 0.6 is 24.0 Å². The molecule has 0 heterocycles. The van der Waals surface area contributed by atoms with E-state index in [1.54, 1.807) is 0 Å². The zero-order valence-corrected chi connectivity index (χ0v) is 17.1. The Morgan fingerprint density at radius 3 is 2.67 bits per heavy atom. The van der Waals surface area contributed by atoms with Crippen LogP contribution in [-0.4, -0.2) is 38.8 Å². The normalized spacial score (nSPS) is 14.1. The van der Waals surface area contributed by atoms with Gasteiger partial charge in [0.2, 0.25) is 0 Å². The molecule has 2 rings (SSSR count). The molecule has 1 aromatic rings. The number of benzene rings is 1. The van der Waals surface area contributed by atoms with Gasteiger partial charge < -0.3 is 15.4 Å². The minimum absolute atomic E-state index is 0. The van der Waals surface area contributed by atoms with Gasteiger partial charge in [-0.1, -0.05) is 30.3 Å². The summed E-state index contributed by atoms with van der Waals surface area (Å²) in [6, 6.07) is 10.6. The maximum absolute atomic E-state index is 5.65. The highest BCUT2D eigenvalue weighted by atomic mass is 127. The average Bonchev–Trinajstić information content (AvgIpc) is 3.40. The van der Waals surface area contributed by atoms with Gasteiger partial charge in [0.05, 0.1) is 0 Å². The van der Waals surface area contributed by atoms with Crippen LogP contribution in [-0.2, 0) is 11.2 Å². The Labute approximate surface area is 163 Å². The maximum atomic E-state index is 5.65. The Morgan fingerprint density at radius 1 is 1.17 bits per heavy atom. The summed E-state index contributed by atoms with van der Waals surface area (Å²) in [7, 11) is 0. The van der Waals surface area contributed by atoms with Gasteiger partial charge in [0.1, 0.15) is 0 Å². The van der Waals surface area contributed by atoms with Crippen molar-refractivity contribution in [3.05, 3.63) is 35.9 Å². The minimum atomic E-state index is 0. The van der Waals surface area contributed by atoms with Crippen molar-refractivity contribution in [1.82, 2.24) is 10.6 Å². The molecule has 5 heteroatoms. The Bertz CT molecular complexity index is 449. The molecule has 1 fully saturated rings. The van der Waals surface area contributed by atoms with Crippen LogP contribution in [0, 0.1) is 5.92 Å². The second-order valence-electron chi connectivity index (χ2n) is 6.15. The number of hydrogen-bond donors (Lipinski definition) is 2. The summed E-state index contributed by atoms with van der Waals surface area (Å²) < 4.78 is 5.65. The van der Waals surface area contributed by atoms with Crippen molar-refractivity contribution in [2.75, 3.05) is 32.8 Å². The highest BCUT2D eigenvalue weighted by Gasteiger charge is 2.20. The van der Waals surface area contributed by atoms with Gasteiger partial charge in [-0.05, 0) is 50.5 Å². The lowest BCUT2D eigenvalue weighted by Gasteiger charge is -2.11. The molecule has 24 heavy (non-hydrogen) atoms. The molecule has 136 valence electrons. The van der Waals surface area contributed by atoms with Gasteiger partial charge in [0.25, 0.3) is 0 Å². The first kappa shape index (κ1) is 21.2. The first-order valence-electron chi connectivity index (χ1n) is 9.02. The zero-order chi connectivity index (χ0) is 16.2. The van der Waals surface area contributed by atoms with Crippen LogP contribution in [0.15, 0.2) is 35.3 Å². The smallest absolute Gasteiger partial charge is 0.191 e. The number of halogens is 1. The summed E-state index contributed by atoms with van der Waals surface area (Å²) in [5, 5.41) is 6.68. The number of aryl methyl sites for hydroxylation is 1. The van der Waals surface area contributed by atoms with Crippen molar-refractivity contribution >= 4 is 29.9 Å². The molecule has 1 saturated carbocycles. The van der Waals surface area contributed by atoms with Crippen LogP contribution in [0.5, 0.6) is 0 Å². The summed E-state index contributed by atoms with van der Waals surface area (Å²) in [5.74, 6) is 1.77. The number of hydrogen-bond acceptors (Lipinski definition) is 2. The quantitative estimate of drug-likeness (QED) is 0.237. The van der Waals surface area contributed by atoms with Gasteiger partial charge in [-0.25, -0.2) is 0 Å². The van der Waals surface area contributed by atoms with Gasteiger partial charge >= 0.3 is 0 Å². The van der Waals surface area contributed by atoms with E-state index >= 15 is 0 Å². The Kier molecular flexibility index (Phi) is 11.9. The Balaban J connectivity index is 0.00000288. The van der Waals surface area contributed by atoms with Crippen LogP contribution in [0.3, 0.4) is 0 Å². The van der Waals surface area contributed by atoms with Crippen LogP contribution in [0.25, 0.3) is 0 Å². The highest BCUT2D eigenvalue weighted by molar-refractivity contribution is 14.0. The molecule has 0 unspecified atom stereocenters. The third-order valence-corrected chi connectivity index (χ3v) is 3.89. The summed E-state index contributed by atoms with van der Waals surface area (Å²) in [4.78, 5) is 4.64. The number of rotatable bonds is 11.